The van der Waals surface area contributed by atoms with Crippen LogP contribution in [0.2, 0.25) is 0 Å². The summed E-state index contributed by atoms with van der Waals surface area (Å²) >= 11 is 0. The number of benzene rings is 1. The van der Waals surface area contributed by atoms with Crippen LogP contribution in [0, 0.1) is 15.5 Å². The number of non-ortho nitro benzene ring substituents is 1. The number of hydrogen-bond donors (Lipinski definition) is 2. The number of nitrogens with one attached hydrogen (secondary N) is 1. The lowest BCUT2D eigenvalue weighted by atomic mass is 10.0. The van der Waals surface area contributed by atoms with Crippen molar-refractivity contribution in [3.05, 3.63) is 33.9 Å². The van der Waals surface area contributed by atoms with Gasteiger partial charge in [-0.25, -0.2) is 4.79 Å². The van der Waals surface area contributed by atoms with Gasteiger partial charge in [-0.1, -0.05) is 0 Å². The first-order valence-electron chi connectivity index (χ1n) is 6.72. The number of anilines is 1. The first kappa shape index (κ1) is 15.2. The lowest BCUT2D eigenvalue weighted by molar-refractivity contribution is -0.384. The van der Waals surface area contributed by atoms with Crippen LogP contribution in [0.1, 0.15) is 29.6 Å². The van der Waals surface area contributed by atoms with Crippen LogP contribution < -0.4 is 5.32 Å². The molecular weight excluding hydrogens is 276 g/mol. The lowest BCUT2D eigenvalue weighted by Gasteiger charge is -2.17. The van der Waals surface area contributed by atoms with Gasteiger partial charge in [0, 0.05) is 38.1 Å². The molecule has 7 heteroatoms. The molecule has 1 fully saturated rings. The summed E-state index contributed by atoms with van der Waals surface area (Å²) in [5.41, 5.74) is 0.273. The van der Waals surface area contributed by atoms with Gasteiger partial charge in [0.05, 0.1) is 10.5 Å². The Balaban J connectivity index is 2.09. The fourth-order valence-electron chi connectivity index (χ4n) is 2.27. The summed E-state index contributed by atoms with van der Waals surface area (Å²) in [7, 11) is 1.66. The smallest absolute Gasteiger partial charge is 0.338 e. The van der Waals surface area contributed by atoms with E-state index in [1.807, 2.05) is 0 Å². The van der Waals surface area contributed by atoms with Gasteiger partial charge in [-0.2, -0.15) is 0 Å². The third-order valence-corrected chi connectivity index (χ3v) is 3.89. The number of carboxylic acids is 1. The number of carboxylic acid groups (broad SMARTS) is 1. The zero-order valence-electron chi connectivity index (χ0n) is 11.8. The Labute approximate surface area is 122 Å². The predicted molar refractivity (Wildman–Crippen MR) is 76.7 cm³/mol. The van der Waals surface area contributed by atoms with Crippen molar-refractivity contribution in [1.82, 2.24) is 0 Å². The molecule has 1 saturated carbocycles. The largest absolute Gasteiger partial charge is 0.478 e. The summed E-state index contributed by atoms with van der Waals surface area (Å²) in [6, 6.07) is 3.84. The molecule has 0 spiro atoms. The molecule has 0 unspecified atom stereocenters. The van der Waals surface area contributed by atoms with Gasteiger partial charge in [-0.05, 0) is 30.7 Å². The molecule has 0 amide bonds. The van der Waals surface area contributed by atoms with Crippen LogP contribution in [-0.2, 0) is 4.74 Å². The summed E-state index contributed by atoms with van der Waals surface area (Å²) in [6.45, 7) is 1.32. The quantitative estimate of drug-likeness (QED) is 0.564. The van der Waals surface area contributed by atoms with E-state index >= 15 is 0 Å². The van der Waals surface area contributed by atoms with Crippen LogP contribution in [0.25, 0.3) is 0 Å². The van der Waals surface area contributed by atoms with E-state index in [9.17, 15) is 20.0 Å². The van der Waals surface area contributed by atoms with Crippen LogP contribution in [0.4, 0.5) is 11.4 Å². The molecule has 1 aliphatic carbocycles. The maximum Gasteiger partial charge on any atom is 0.338 e. The zero-order valence-corrected chi connectivity index (χ0v) is 11.8. The van der Waals surface area contributed by atoms with Gasteiger partial charge in [-0.3, -0.25) is 10.1 Å². The van der Waals surface area contributed by atoms with Crippen LogP contribution in [0.15, 0.2) is 18.2 Å². The number of aromatic carboxylic acids is 1. The van der Waals surface area contributed by atoms with Crippen molar-refractivity contribution in [2.24, 2.45) is 5.41 Å². The number of nitro groups is 1. The second-order valence-electron chi connectivity index (χ2n) is 5.39. The molecule has 1 aromatic carbocycles. The first-order chi connectivity index (χ1) is 9.97. The predicted octanol–water partition coefficient (Wildman–Crippen LogP) is 2.52. The topological polar surface area (TPSA) is 102 Å². The number of hydrogen-bond acceptors (Lipinski definition) is 5. The molecule has 114 valence electrons. The molecule has 1 aromatic rings. The van der Waals surface area contributed by atoms with Gasteiger partial charge in [0.25, 0.3) is 5.69 Å². The fourth-order valence-corrected chi connectivity index (χ4v) is 2.27. The van der Waals surface area contributed by atoms with Crippen molar-refractivity contribution in [3.63, 3.8) is 0 Å². The van der Waals surface area contributed by atoms with E-state index in [0.29, 0.717) is 18.8 Å². The second kappa shape index (κ2) is 6.09. The molecule has 0 atom stereocenters. The Bertz CT molecular complexity index is 554. The van der Waals surface area contributed by atoms with E-state index < -0.39 is 10.9 Å². The Morgan fingerprint density at radius 3 is 2.76 bits per heavy atom. The Kier molecular flexibility index (Phi) is 4.42. The Morgan fingerprint density at radius 1 is 1.52 bits per heavy atom. The van der Waals surface area contributed by atoms with Gasteiger partial charge in [0.15, 0.2) is 0 Å². The monoisotopic (exact) mass is 294 g/mol. The summed E-state index contributed by atoms with van der Waals surface area (Å²) in [5, 5.41) is 23.0. The van der Waals surface area contributed by atoms with Gasteiger partial charge < -0.3 is 15.2 Å². The van der Waals surface area contributed by atoms with Gasteiger partial charge in [0.1, 0.15) is 0 Å². The van der Waals surface area contributed by atoms with Gasteiger partial charge in [-0.15, -0.1) is 0 Å². The van der Waals surface area contributed by atoms with E-state index in [1.165, 1.54) is 12.1 Å². The number of nitro benzene ring substituents is 1. The molecule has 0 heterocycles. The van der Waals surface area contributed by atoms with Crippen LogP contribution >= 0.6 is 0 Å². The minimum Gasteiger partial charge on any atom is -0.478 e. The van der Waals surface area contributed by atoms with Crippen LogP contribution in [0.3, 0.4) is 0 Å². The highest BCUT2D eigenvalue weighted by atomic mass is 16.6. The Hall–Kier alpha value is -2.15. The molecule has 0 saturated heterocycles. The molecule has 0 aromatic heterocycles. The summed E-state index contributed by atoms with van der Waals surface area (Å²) in [5.74, 6) is -1.18. The molecule has 0 radical (unpaired) electrons. The second-order valence-corrected chi connectivity index (χ2v) is 5.39. The third-order valence-electron chi connectivity index (χ3n) is 3.89. The highest BCUT2D eigenvalue weighted by Gasteiger charge is 2.41. The van der Waals surface area contributed by atoms with E-state index in [4.69, 9.17) is 4.74 Å². The molecule has 1 aliphatic rings. The number of ether oxygens (including phenoxy) is 1. The Morgan fingerprint density at radius 2 is 2.24 bits per heavy atom. The molecular formula is C14H18N2O5. The van der Waals surface area contributed by atoms with Crippen molar-refractivity contribution in [2.75, 3.05) is 25.6 Å². The maximum absolute atomic E-state index is 11.2. The third kappa shape index (κ3) is 3.69. The van der Waals surface area contributed by atoms with Gasteiger partial charge in [0.2, 0.25) is 0 Å². The van der Waals surface area contributed by atoms with Crippen LogP contribution in [-0.4, -0.2) is 36.3 Å². The normalized spacial score (nSPS) is 15.5. The van der Waals surface area contributed by atoms with Crippen molar-refractivity contribution in [2.45, 2.75) is 19.3 Å². The van der Waals surface area contributed by atoms with E-state index in [1.54, 1.807) is 7.11 Å². The standard InChI is InChI=1S/C14H18N2O5/c1-21-7-6-14(4-5-14)9-15-12-3-2-10(16(19)20)8-11(12)13(17)18/h2-3,8,15H,4-7,9H2,1H3,(H,17,18). The first-order valence-corrected chi connectivity index (χ1v) is 6.72. The molecule has 2 N–H and O–H groups in total. The number of nitrogens with zero attached hydrogens (tertiary/aromatic N) is 1. The summed E-state index contributed by atoms with van der Waals surface area (Å²) in [6.07, 6.45) is 3.09. The maximum atomic E-state index is 11.2. The average Bonchev–Trinajstić information content (AvgIpc) is 3.23. The van der Waals surface area contributed by atoms with Gasteiger partial charge >= 0.3 is 5.97 Å². The zero-order chi connectivity index (χ0) is 15.5. The van der Waals surface area contributed by atoms with Crippen molar-refractivity contribution in [1.29, 1.82) is 0 Å². The SMILES string of the molecule is COCCC1(CNc2ccc([N+](=O)[O-])cc2C(=O)O)CC1. The average molecular weight is 294 g/mol. The van der Waals surface area contributed by atoms with Crippen molar-refractivity contribution < 1.29 is 19.6 Å². The van der Waals surface area contributed by atoms with E-state index in [0.717, 1.165) is 25.3 Å². The minimum atomic E-state index is -1.18. The molecule has 0 bridgehead atoms. The molecule has 21 heavy (non-hydrogen) atoms. The van der Waals surface area contributed by atoms with E-state index in [2.05, 4.69) is 5.32 Å². The minimum absolute atomic E-state index is 0.0771. The highest BCUT2D eigenvalue weighted by Crippen LogP contribution is 2.48. The lowest BCUT2D eigenvalue weighted by Crippen LogP contribution is -2.18. The van der Waals surface area contributed by atoms with Crippen molar-refractivity contribution >= 4 is 17.3 Å². The van der Waals surface area contributed by atoms with E-state index in [-0.39, 0.29) is 16.7 Å². The van der Waals surface area contributed by atoms with Crippen LogP contribution in [0.5, 0.6) is 0 Å². The van der Waals surface area contributed by atoms with Crippen molar-refractivity contribution in [3.8, 4) is 0 Å². The number of rotatable bonds is 8. The highest BCUT2D eigenvalue weighted by molar-refractivity contribution is 5.95. The molecule has 2 rings (SSSR count). The molecule has 7 nitrogen and oxygen atoms in total. The summed E-state index contributed by atoms with van der Waals surface area (Å²) in [4.78, 5) is 21.3. The molecule has 0 aliphatic heterocycles. The number of methoxy groups -OCH3 is 1. The summed E-state index contributed by atoms with van der Waals surface area (Å²) < 4.78 is 5.08. The fraction of sp³-hybridized carbons (Fsp3) is 0.500. The number of carbonyl (C=O) groups is 1.